The molecule has 1 aromatic heterocycles. The predicted octanol–water partition coefficient (Wildman–Crippen LogP) is 0.964. The van der Waals surface area contributed by atoms with Crippen LogP contribution in [-0.2, 0) is 6.42 Å². The number of nitrogens with zero attached hydrogens (tertiary/aromatic N) is 1. The molecule has 0 spiro atoms. The van der Waals surface area contributed by atoms with Crippen molar-refractivity contribution in [1.82, 2.24) is 10.3 Å². The van der Waals surface area contributed by atoms with Gasteiger partial charge in [0.05, 0.1) is 16.8 Å². The van der Waals surface area contributed by atoms with Crippen LogP contribution < -0.4 is 5.32 Å². The van der Waals surface area contributed by atoms with E-state index in [9.17, 15) is 0 Å². The molecule has 0 saturated heterocycles. The standard InChI is InChI=1S/C9H16N2OS/c1-7(12)5-10-4-3-9-6-13-8(2)11-9/h6-7,10,12H,3-5H2,1-2H3/t7-/m1/s1. The van der Waals surface area contributed by atoms with E-state index in [1.807, 2.05) is 6.92 Å². The van der Waals surface area contributed by atoms with E-state index < -0.39 is 0 Å². The number of nitrogens with one attached hydrogen (secondary N) is 1. The molecule has 0 aromatic carbocycles. The molecule has 0 radical (unpaired) electrons. The summed E-state index contributed by atoms with van der Waals surface area (Å²) in [5, 5.41) is 15.3. The third kappa shape index (κ3) is 4.36. The zero-order valence-corrected chi connectivity index (χ0v) is 8.90. The predicted molar refractivity (Wildman–Crippen MR) is 55.1 cm³/mol. The van der Waals surface area contributed by atoms with Gasteiger partial charge in [0.15, 0.2) is 0 Å². The maximum atomic E-state index is 8.98. The second-order valence-corrected chi connectivity index (χ2v) is 4.22. The third-order valence-corrected chi connectivity index (χ3v) is 2.49. The lowest BCUT2D eigenvalue weighted by Gasteiger charge is -2.04. The molecule has 0 aliphatic carbocycles. The molecule has 1 aromatic rings. The van der Waals surface area contributed by atoms with Gasteiger partial charge in [0, 0.05) is 24.9 Å². The smallest absolute Gasteiger partial charge is 0.0897 e. The lowest BCUT2D eigenvalue weighted by Crippen LogP contribution is -2.26. The molecule has 0 aliphatic heterocycles. The first kappa shape index (κ1) is 10.6. The van der Waals surface area contributed by atoms with Crippen molar-refractivity contribution in [2.75, 3.05) is 13.1 Å². The molecular weight excluding hydrogens is 184 g/mol. The molecular formula is C9H16N2OS. The van der Waals surface area contributed by atoms with Gasteiger partial charge in [-0.2, -0.15) is 0 Å². The SMILES string of the molecule is Cc1nc(CCNC[C@@H](C)O)cs1. The Morgan fingerprint density at radius 2 is 2.46 bits per heavy atom. The van der Waals surface area contributed by atoms with E-state index in [-0.39, 0.29) is 6.10 Å². The molecule has 0 bridgehead atoms. The van der Waals surface area contributed by atoms with Crippen LogP contribution in [-0.4, -0.2) is 29.3 Å². The van der Waals surface area contributed by atoms with Crippen LogP contribution in [0.5, 0.6) is 0 Å². The van der Waals surface area contributed by atoms with Crippen LogP contribution >= 0.6 is 11.3 Å². The van der Waals surface area contributed by atoms with Crippen molar-refractivity contribution in [3.63, 3.8) is 0 Å². The average Bonchev–Trinajstić information content (AvgIpc) is 2.45. The van der Waals surface area contributed by atoms with Crippen LogP contribution in [0.4, 0.5) is 0 Å². The van der Waals surface area contributed by atoms with E-state index in [2.05, 4.69) is 15.7 Å². The van der Waals surface area contributed by atoms with Crippen molar-refractivity contribution in [1.29, 1.82) is 0 Å². The van der Waals surface area contributed by atoms with Crippen molar-refractivity contribution in [2.45, 2.75) is 26.4 Å². The number of hydrogen-bond acceptors (Lipinski definition) is 4. The van der Waals surface area contributed by atoms with Gasteiger partial charge < -0.3 is 10.4 Å². The monoisotopic (exact) mass is 200 g/mol. The quantitative estimate of drug-likeness (QED) is 0.696. The molecule has 0 aliphatic rings. The van der Waals surface area contributed by atoms with Gasteiger partial charge >= 0.3 is 0 Å². The average molecular weight is 200 g/mol. The van der Waals surface area contributed by atoms with Crippen LogP contribution in [0, 0.1) is 6.92 Å². The maximum Gasteiger partial charge on any atom is 0.0897 e. The van der Waals surface area contributed by atoms with Gasteiger partial charge in [-0.3, -0.25) is 0 Å². The molecule has 2 N–H and O–H groups in total. The third-order valence-electron chi connectivity index (χ3n) is 1.66. The van der Waals surface area contributed by atoms with Crippen LogP contribution in [0.15, 0.2) is 5.38 Å². The van der Waals surface area contributed by atoms with E-state index in [1.165, 1.54) is 0 Å². The minimum atomic E-state index is -0.267. The summed E-state index contributed by atoms with van der Waals surface area (Å²) in [5.74, 6) is 0. The van der Waals surface area contributed by atoms with Crippen molar-refractivity contribution in [2.24, 2.45) is 0 Å². The molecule has 1 atom stereocenters. The Balaban J connectivity index is 2.13. The highest BCUT2D eigenvalue weighted by molar-refractivity contribution is 7.09. The van der Waals surface area contributed by atoms with Crippen LogP contribution in [0.3, 0.4) is 0 Å². The van der Waals surface area contributed by atoms with Gasteiger partial charge in [-0.15, -0.1) is 11.3 Å². The van der Waals surface area contributed by atoms with Gasteiger partial charge in [-0.1, -0.05) is 0 Å². The van der Waals surface area contributed by atoms with E-state index in [0.717, 1.165) is 23.7 Å². The fourth-order valence-electron chi connectivity index (χ4n) is 1.05. The van der Waals surface area contributed by atoms with Gasteiger partial charge in [0.25, 0.3) is 0 Å². The van der Waals surface area contributed by atoms with Crippen molar-refractivity contribution >= 4 is 11.3 Å². The number of thiazole rings is 1. The van der Waals surface area contributed by atoms with Crippen molar-refractivity contribution < 1.29 is 5.11 Å². The first-order valence-corrected chi connectivity index (χ1v) is 5.36. The first-order chi connectivity index (χ1) is 6.18. The second kappa shape index (κ2) is 5.32. The van der Waals surface area contributed by atoms with E-state index in [1.54, 1.807) is 18.3 Å². The summed E-state index contributed by atoms with van der Waals surface area (Å²) in [6, 6.07) is 0. The highest BCUT2D eigenvalue weighted by atomic mass is 32.1. The number of hydrogen-bond donors (Lipinski definition) is 2. The van der Waals surface area contributed by atoms with Crippen molar-refractivity contribution in [3.8, 4) is 0 Å². The Bertz CT molecular complexity index is 248. The fraction of sp³-hybridized carbons (Fsp3) is 0.667. The van der Waals surface area contributed by atoms with Crippen LogP contribution in [0.2, 0.25) is 0 Å². The Kier molecular flexibility index (Phi) is 4.35. The molecule has 0 unspecified atom stereocenters. The summed E-state index contributed by atoms with van der Waals surface area (Å²) < 4.78 is 0. The van der Waals surface area contributed by atoms with Crippen molar-refractivity contribution in [3.05, 3.63) is 16.1 Å². The normalized spacial score (nSPS) is 13.2. The van der Waals surface area contributed by atoms with E-state index in [4.69, 9.17) is 5.11 Å². The summed E-state index contributed by atoms with van der Waals surface area (Å²) in [6.07, 6.45) is 0.675. The topological polar surface area (TPSA) is 45.2 Å². The van der Waals surface area contributed by atoms with Crippen LogP contribution in [0.25, 0.3) is 0 Å². The zero-order valence-electron chi connectivity index (χ0n) is 8.08. The maximum absolute atomic E-state index is 8.98. The molecule has 4 heteroatoms. The lowest BCUT2D eigenvalue weighted by atomic mass is 10.3. The van der Waals surface area contributed by atoms with Gasteiger partial charge in [-0.25, -0.2) is 4.98 Å². The van der Waals surface area contributed by atoms with Gasteiger partial charge in [0.2, 0.25) is 0 Å². The first-order valence-electron chi connectivity index (χ1n) is 4.48. The number of aryl methyl sites for hydroxylation is 1. The highest BCUT2D eigenvalue weighted by Crippen LogP contribution is 2.07. The highest BCUT2D eigenvalue weighted by Gasteiger charge is 1.98. The Hall–Kier alpha value is -0.450. The molecule has 0 fully saturated rings. The van der Waals surface area contributed by atoms with Gasteiger partial charge in [0.1, 0.15) is 0 Å². The summed E-state index contributed by atoms with van der Waals surface area (Å²) >= 11 is 1.68. The number of aliphatic hydroxyl groups is 1. The van der Waals surface area contributed by atoms with E-state index in [0.29, 0.717) is 6.54 Å². The Morgan fingerprint density at radius 3 is 3.00 bits per heavy atom. The molecule has 1 rings (SSSR count). The molecule has 0 saturated carbocycles. The zero-order chi connectivity index (χ0) is 9.68. The Labute approximate surface area is 82.8 Å². The minimum Gasteiger partial charge on any atom is -0.392 e. The molecule has 1 heterocycles. The largest absolute Gasteiger partial charge is 0.392 e. The molecule has 13 heavy (non-hydrogen) atoms. The number of aromatic nitrogens is 1. The summed E-state index contributed by atoms with van der Waals surface area (Å²) in [6.45, 7) is 5.33. The molecule has 3 nitrogen and oxygen atoms in total. The number of aliphatic hydroxyl groups excluding tert-OH is 1. The molecule has 74 valence electrons. The van der Waals surface area contributed by atoms with E-state index >= 15 is 0 Å². The number of rotatable bonds is 5. The minimum absolute atomic E-state index is 0.267. The van der Waals surface area contributed by atoms with Crippen LogP contribution in [0.1, 0.15) is 17.6 Å². The lowest BCUT2D eigenvalue weighted by molar-refractivity contribution is 0.191. The summed E-state index contributed by atoms with van der Waals surface area (Å²) in [5.41, 5.74) is 1.14. The Morgan fingerprint density at radius 1 is 1.69 bits per heavy atom. The van der Waals surface area contributed by atoms with Gasteiger partial charge in [-0.05, 0) is 13.8 Å². The molecule has 0 amide bonds. The summed E-state index contributed by atoms with van der Waals surface area (Å²) in [4.78, 5) is 4.34. The summed E-state index contributed by atoms with van der Waals surface area (Å²) in [7, 11) is 0. The fourth-order valence-corrected chi connectivity index (χ4v) is 1.70. The second-order valence-electron chi connectivity index (χ2n) is 3.16.